The van der Waals surface area contributed by atoms with Crippen LogP contribution in [0.5, 0.6) is 0 Å². The second-order valence-electron chi connectivity index (χ2n) is 5.96. The third kappa shape index (κ3) is 4.82. The predicted octanol–water partition coefficient (Wildman–Crippen LogP) is 4.94. The van der Waals surface area contributed by atoms with Crippen molar-refractivity contribution in [2.45, 2.75) is 64.9 Å². The van der Waals surface area contributed by atoms with E-state index >= 15 is 0 Å². The Hall–Kier alpha value is -0.460. The highest BCUT2D eigenvalue weighted by molar-refractivity contribution is 4.94. The van der Waals surface area contributed by atoms with Crippen molar-refractivity contribution >= 4 is 0 Å². The summed E-state index contributed by atoms with van der Waals surface area (Å²) in [6.45, 7) is 7.08. The molecule has 0 radical (unpaired) electrons. The normalized spacial score (nSPS) is 17.4. The van der Waals surface area contributed by atoms with E-state index < -0.39 is 30.3 Å². The molecule has 0 aromatic rings. The highest BCUT2D eigenvalue weighted by Crippen LogP contribution is 2.47. The Morgan fingerprint density at radius 2 is 1.20 bits per heavy atom. The minimum absolute atomic E-state index is 0.210. The Labute approximate surface area is 115 Å². The number of alkyl halides is 6. The maximum Gasteiger partial charge on any atom is 0.426 e. The van der Waals surface area contributed by atoms with Gasteiger partial charge in [-0.05, 0) is 24.2 Å². The molecule has 0 saturated carbocycles. The van der Waals surface area contributed by atoms with Crippen molar-refractivity contribution in [2.75, 3.05) is 0 Å². The lowest BCUT2D eigenvalue weighted by Gasteiger charge is -2.34. The Bertz CT molecular complexity index is 280. The van der Waals surface area contributed by atoms with Crippen LogP contribution in [-0.4, -0.2) is 23.1 Å². The van der Waals surface area contributed by atoms with E-state index in [1.54, 1.807) is 0 Å². The van der Waals surface area contributed by atoms with Crippen LogP contribution in [0.15, 0.2) is 0 Å². The van der Waals surface area contributed by atoms with Gasteiger partial charge >= 0.3 is 12.4 Å². The van der Waals surface area contributed by atoms with Crippen LogP contribution >= 0.6 is 0 Å². The molecule has 0 fully saturated rings. The molecule has 2 unspecified atom stereocenters. The molecule has 1 nitrogen and oxygen atoms in total. The molecular formula is C13H22F6O. The summed E-state index contributed by atoms with van der Waals surface area (Å²) in [4.78, 5) is 0. The van der Waals surface area contributed by atoms with Crippen LogP contribution in [0.1, 0.15) is 47.0 Å². The number of aliphatic hydroxyl groups is 1. The molecule has 0 aliphatic heterocycles. The number of hydrogen-bond acceptors (Lipinski definition) is 1. The van der Waals surface area contributed by atoms with Crippen molar-refractivity contribution in [1.29, 1.82) is 0 Å². The molecular weight excluding hydrogens is 286 g/mol. The van der Waals surface area contributed by atoms with E-state index in [0.717, 1.165) is 0 Å². The van der Waals surface area contributed by atoms with Gasteiger partial charge in [-0.15, -0.1) is 0 Å². The Morgan fingerprint density at radius 1 is 0.800 bits per heavy atom. The largest absolute Gasteiger partial charge is 0.426 e. The van der Waals surface area contributed by atoms with Crippen molar-refractivity contribution in [2.24, 2.45) is 17.8 Å². The molecule has 0 saturated heterocycles. The molecule has 0 spiro atoms. The van der Waals surface area contributed by atoms with Crippen molar-refractivity contribution < 1.29 is 31.4 Å². The van der Waals surface area contributed by atoms with Gasteiger partial charge in [0.1, 0.15) is 0 Å². The molecule has 2 atom stereocenters. The molecule has 7 heteroatoms. The van der Waals surface area contributed by atoms with Crippen molar-refractivity contribution in [3.63, 3.8) is 0 Å². The van der Waals surface area contributed by atoms with Gasteiger partial charge in [-0.2, -0.15) is 26.3 Å². The van der Waals surface area contributed by atoms with Crippen LogP contribution in [0, 0.1) is 17.8 Å². The minimum Gasteiger partial charge on any atom is -0.374 e. The van der Waals surface area contributed by atoms with Gasteiger partial charge < -0.3 is 5.11 Å². The van der Waals surface area contributed by atoms with Crippen molar-refractivity contribution in [3.8, 4) is 0 Å². The molecule has 0 aromatic carbocycles. The molecule has 0 rings (SSSR count). The van der Waals surface area contributed by atoms with Crippen molar-refractivity contribution in [3.05, 3.63) is 0 Å². The molecule has 0 aliphatic rings. The fourth-order valence-corrected chi connectivity index (χ4v) is 1.88. The number of hydrogen-bond donors (Lipinski definition) is 1. The molecule has 0 aromatic heterocycles. The molecule has 1 N–H and O–H groups in total. The highest BCUT2D eigenvalue weighted by atomic mass is 19.4. The van der Waals surface area contributed by atoms with Crippen LogP contribution in [0.2, 0.25) is 0 Å². The quantitative estimate of drug-likeness (QED) is 0.689. The summed E-state index contributed by atoms with van der Waals surface area (Å²) >= 11 is 0. The van der Waals surface area contributed by atoms with Gasteiger partial charge in [0.05, 0.1) is 0 Å². The summed E-state index contributed by atoms with van der Waals surface area (Å²) in [5, 5.41) is 9.08. The summed E-state index contributed by atoms with van der Waals surface area (Å²) in [6, 6.07) is 0. The molecule has 0 heterocycles. The van der Waals surface area contributed by atoms with Gasteiger partial charge in [0.15, 0.2) is 0 Å². The first-order chi connectivity index (χ1) is 8.72. The van der Waals surface area contributed by atoms with Crippen LogP contribution in [0.25, 0.3) is 0 Å². The van der Waals surface area contributed by atoms with E-state index in [-0.39, 0.29) is 12.3 Å². The van der Waals surface area contributed by atoms with Crippen LogP contribution in [-0.2, 0) is 0 Å². The van der Waals surface area contributed by atoms with E-state index in [1.807, 2.05) is 20.8 Å². The SMILES string of the molecule is CC(CCC(C)C(C)C)CC(O)(C(F)(F)F)C(F)(F)F. The Kier molecular flexibility index (Phi) is 6.39. The van der Waals surface area contributed by atoms with E-state index in [4.69, 9.17) is 5.11 Å². The number of halogens is 6. The first-order valence-corrected chi connectivity index (χ1v) is 6.58. The smallest absolute Gasteiger partial charge is 0.374 e. The fraction of sp³-hybridized carbons (Fsp3) is 1.00. The third-order valence-electron chi connectivity index (χ3n) is 3.83. The fourth-order valence-electron chi connectivity index (χ4n) is 1.88. The average Bonchev–Trinajstić information content (AvgIpc) is 2.22. The lowest BCUT2D eigenvalue weighted by atomic mass is 9.84. The van der Waals surface area contributed by atoms with Crippen LogP contribution in [0.4, 0.5) is 26.3 Å². The first kappa shape index (κ1) is 19.5. The van der Waals surface area contributed by atoms with Gasteiger partial charge in [0, 0.05) is 0 Å². The summed E-state index contributed by atoms with van der Waals surface area (Å²) in [7, 11) is 0. The predicted molar refractivity (Wildman–Crippen MR) is 64.1 cm³/mol. The zero-order valence-corrected chi connectivity index (χ0v) is 12.1. The standard InChI is InChI=1S/C13H22F6O/c1-8(2)10(4)6-5-9(3)7-11(20,12(14,15)16)13(17,18)19/h8-10,20H,5-7H2,1-4H3. The van der Waals surface area contributed by atoms with E-state index in [0.29, 0.717) is 12.3 Å². The van der Waals surface area contributed by atoms with E-state index in [2.05, 4.69) is 0 Å². The molecule has 0 amide bonds. The number of rotatable bonds is 6. The van der Waals surface area contributed by atoms with Crippen molar-refractivity contribution in [1.82, 2.24) is 0 Å². The Balaban J connectivity index is 4.78. The maximum atomic E-state index is 12.5. The van der Waals surface area contributed by atoms with Crippen LogP contribution in [0.3, 0.4) is 0 Å². The third-order valence-corrected chi connectivity index (χ3v) is 3.83. The molecule has 0 aliphatic carbocycles. The Morgan fingerprint density at radius 3 is 1.50 bits per heavy atom. The van der Waals surface area contributed by atoms with E-state index in [9.17, 15) is 26.3 Å². The topological polar surface area (TPSA) is 20.2 Å². The molecule has 0 bridgehead atoms. The second-order valence-corrected chi connectivity index (χ2v) is 5.96. The lowest BCUT2D eigenvalue weighted by Crippen LogP contribution is -2.57. The average molecular weight is 308 g/mol. The first-order valence-electron chi connectivity index (χ1n) is 6.58. The van der Waals surface area contributed by atoms with Gasteiger partial charge in [0.2, 0.25) is 0 Å². The zero-order valence-electron chi connectivity index (χ0n) is 12.1. The van der Waals surface area contributed by atoms with Gasteiger partial charge in [-0.3, -0.25) is 0 Å². The zero-order chi connectivity index (χ0) is 16.4. The minimum atomic E-state index is -5.72. The van der Waals surface area contributed by atoms with Crippen LogP contribution < -0.4 is 0 Å². The lowest BCUT2D eigenvalue weighted by molar-refractivity contribution is -0.372. The van der Waals surface area contributed by atoms with E-state index in [1.165, 1.54) is 6.92 Å². The summed E-state index contributed by atoms with van der Waals surface area (Å²) in [5.41, 5.74) is -4.62. The summed E-state index contributed by atoms with van der Waals surface area (Å²) in [6.07, 6.45) is -12.0. The summed E-state index contributed by atoms with van der Waals surface area (Å²) < 4.78 is 75.1. The van der Waals surface area contributed by atoms with Gasteiger partial charge in [0.25, 0.3) is 5.60 Å². The summed E-state index contributed by atoms with van der Waals surface area (Å²) in [5.74, 6) is -0.349. The van der Waals surface area contributed by atoms with Gasteiger partial charge in [-0.1, -0.05) is 40.5 Å². The monoisotopic (exact) mass is 308 g/mol. The van der Waals surface area contributed by atoms with Gasteiger partial charge in [-0.25, -0.2) is 0 Å². The molecule has 122 valence electrons. The molecule has 20 heavy (non-hydrogen) atoms. The highest BCUT2D eigenvalue weighted by Gasteiger charge is 2.70. The maximum absolute atomic E-state index is 12.5. The second kappa shape index (κ2) is 6.54.